The number of rotatable bonds is 4. The minimum atomic E-state index is -0.622. The van der Waals surface area contributed by atoms with E-state index in [0.717, 1.165) is 12.8 Å². The molecule has 2 heteroatoms. The molecule has 51 valence electrons. The Morgan fingerprint density at radius 3 is 2.56 bits per heavy atom. The highest BCUT2D eigenvalue weighted by Gasteiger charge is 1.99. The summed E-state index contributed by atoms with van der Waals surface area (Å²) >= 11 is 0. The van der Waals surface area contributed by atoms with Crippen LogP contribution in [0.25, 0.3) is 0 Å². The molecule has 0 heterocycles. The summed E-state index contributed by atoms with van der Waals surface area (Å²) in [5, 5.41) is 0. The van der Waals surface area contributed by atoms with E-state index in [9.17, 15) is 4.79 Å². The molecule has 0 aromatic carbocycles. The second-order valence-electron chi connectivity index (χ2n) is 2.04. The largest absolute Gasteiger partial charge is 0.268 e. The number of unbranched alkanes of at least 4 members (excludes halogenated alkanes) is 1. The Labute approximate surface area is 55.7 Å². The molecule has 0 atom stereocenters. The Morgan fingerprint density at radius 1 is 1.67 bits per heavy atom. The van der Waals surface area contributed by atoms with Gasteiger partial charge >= 0.3 is 0 Å². The van der Waals surface area contributed by atoms with Crippen LogP contribution in [0.1, 0.15) is 26.2 Å². The molecule has 1 amide bonds. The van der Waals surface area contributed by atoms with Crippen molar-refractivity contribution < 1.29 is 4.79 Å². The molecule has 2 nitrogen and oxygen atoms in total. The highest BCUT2D eigenvalue weighted by Crippen LogP contribution is 2.03. The summed E-state index contributed by atoms with van der Waals surface area (Å²) in [4.78, 5) is 10.2. The number of amides is 1. The zero-order valence-corrected chi connectivity index (χ0v) is 5.74. The molecule has 0 aliphatic rings. The van der Waals surface area contributed by atoms with Gasteiger partial charge in [-0.3, -0.25) is 10.5 Å². The van der Waals surface area contributed by atoms with Crippen molar-refractivity contribution in [3.63, 3.8) is 0 Å². The minimum Gasteiger partial charge on any atom is -0.268 e. The standard InChI is InChI=1S/C7H12NO/c1-3-4-5-6(2)7(8)9/h8H,2-5H2,1H3. The van der Waals surface area contributed by atoms with E-state index < -0.39 is 5.91 Å². The number of carbonyl (C=O) groups excluding carboxylic acids is 1. The summed E-state index contributed by atoms with van der Waals surface area (Å²) < 4.78 is 0. The molecule has 9 heavy (non-hydrogen) atoms. The second kappa shape index (κ2) is 4.13. The third-order valence-electron chi connectivity index (χ3n) is 1.15. The zero-order chi connectivity index (χ0) is 7.28. The van der Waals surface area contributed by atoms with Gasteiger partial charge in [-0.25, -0.2) is 0 Å². The van der Waals surface area contributed by atoms with Gasteiger partial charge in [-0.15, -0.1) is 0 Å². The van der Waals surface area contributed by atoms with Crippen molar-refractivity contribution in [2.75, 3.05) is 0 Å². The van der Waals surface area contributed by atoms with Gasteiger partial charge in [0.1, 0.15) is 0 Å². The number of nitrogens with one attached hydrogen (secondary N) is 1. The SMILES string of the molecule is C=C(CCCC)C([NH])=O. The van der Waals surface area contributed by atoms with Gasteiger partial charge in [-0.1, -0.05) is 19.9 Å². The fraction of sp³-hybridized carbons (Fsp3) is 0.571. The van der Waals surface area contributed by atoms with E-state index in [-0.39, 0.29) is 0 Å². The Kier molecular flexibility index (Phi) is 3.76. The van der Waals surface area contributed by atoms with Gasteiger partial charge in [-0.05, 0) is 12.8 Å². The average molecular weight is 126 g/mol. The molecule has 0 unspecified atom stereocenters. The van der Waals surface area contributed by atoms with E-state index in [4.69, 9.17) is 5.73 Å². The van der Waals surface area contributed by atoms with Crippen LogP contribution in [-0.4, -0.2) is 5.91 Å². The van der Waals surface area contributed by atoms with E-state index in [1.165, 1.54) is 0 Å². The van der Waals surface area contributed by atoms with E-state index in [2.05, 4.69) is 6.58 Å². The predicted octanol–water partition coefficient (Wildman–Crippen LogP) is 1.54. The molecule has 0 saturated heterocycles. The fourth-order valence-corrected chi connectivity index (χ4v) is 0.504. The van der Waals surface area contributed by atoms with Crippen LogP contribution in [0.2, 0.25) is 0 Å². The van der Waals surface area contributed by atoms with Crippen molar-refractivity contribution in [3.8, 4) is 0 Å². The number of carbonyl (C=O) groups is 1. The third kappa shape index (κ3) is 3.76. The fourth-order valence-electron chi connectivity index (χ4n) is 0.504. The Balaban J connectivity index is 3.39. The monoisotopic (exact) mass is 126 g/mol. The summed E-state index contributed by atoms with van der Waals surface area (Å²) in [7, 11) is 0. The summed E-state index contributed by atoms with van der Waals surface area (Å²) in [6.45, 7) is 5.50. The van der Waals surface area contributed by atoms with Gasteiger partial charge in [0.25, 0.3) is 5.91 Å². The van der Waals surface area contributed by atoms with Crippen LogP contribution in [0.3, 0.4) is 0 Å². The van der Waals surface area contributed by atoms with Gasteiger partial charge in [0.2, 0.25) is 0 Å². The summed E-state index contributed by atoms with van der Waals surface area (Å²) in [5.74, 6) is -0.622. The van der Waals surface area contributed by atoms with Gasteiger partial charge < -0.3 is 0 Å². The molecular weight excluding hydrogens is 114 g/mol. The summed E-state index contributed by atoms with van der Waals surface area (Å²) in [6, 6.07) is 0. The smallest absolute Gasteiger partial charge is 0.265 e. The first-order valence-corrected chi connectivity index (χ1v) is 3.12. The Morgan fingerprint density at radius 2 is 2.22 bits per heavy atom. The lowest BCUT2D eigenvalue weighted by Crippen LogP contribution is -2.00. The van der Waals surface area contributed by atoms with E-state index in [1.807, 2.05) is 6.92 Å². The highest BCUT2D eigenvalue weighted by atomic mass is 16.1. The molecule has 0 spiro atoms. The maximum atomic E-state index is 10.2. The van der Waals surface area contributed by atoms with Gasteiger partial charge in [0.15, 0.2) is 0 Å². The first-order valence-electron chi connectivity index (χ1n) is 3.12. The molecule has 0 aromatic heterocycles. The summed E-state index contributed by atoms with van der Waals surface area (Å²) in [6.07, 6.45) is 2.69. The second-order valence-corrected chi connectivity index (χ2v) is 2.04. The van der Waals surface area contributed by atoms with Crippen molar-refractivity contribution in [1.29, 1.82) is 0 Å². The number of hydrogen-bond donors (Lipinski definition) is 0. The predicted molar refractivity (Wildman–Crippen MR) is 36.8 cm³/mol. The Bertz CT molecular complexity index is 118. The van der Waals surface area contributed by atoms with Crippen LogP contribution in [0.15, 0.2) is 12.2 Å². The van der Waals surface area contributed by atoms with Crippen LogP contribution >= 0.6 is 0 Å². The van der Waals surface area contributed by atoms with Crippen molar-refractivity contribution in [2.45, 2.75) is 26.2 Å². The van der Waals surface area contributed by atoms with Gasteiger partial charge in [0, 0.05) is 5.57 Å². The molecule has 0 aliphatic carbocycles. The van der Waals surface area contributed by atoms with Gasteiger partial charge in [0.05, 0.1) is 0 Å². The number of hydrogen-bond acceptors (Lipinski definition) is 1. The Hall–Kier alpha value is -0.790. The van der Waals surface area contributed by atoms with Crippen molar-refractivity contribution >= 4 is 5.91 Å². The van der Waals surface area contributed by atoms with Crippen molar-refractivity contribution in [2.24, 2.45) is 0 Å². The van der Waals surface area contributed by atoms with Crippen LogP contribution in [0.5, 0.6) is 0 Å². The molecule has 0 saturated carbocycles. The van der Waals surface area contributed by atoms with Crippen LogP contribution in [0.4, 0.5) is 0 Å². The average Bonchev–Trinajstić information content (AvgIpc) is 1.82. The molecule has 0 rings (SSSR count). The van der Waals surface area contributed by atoms with E-state index in [1.54, 1.807) is 0 Å². The van der Waals surface area contributed by atoms with Crippen molar-refractivity contribution in [1.82, 2.24) is 5.73 Å². The lowest BCUT2D eigenvalue weighted by molar-refractivity contribution is -0.115. The maximum absolute atomic E-state index is 10.2. The van der Waals surface area contributed by atoms with E-state index >= 15 is 0 Å². The highest BCUT2D eigenvalue weighted by molar-refractivity contribution is 5.90. The maximum Gasteiger partial charge on any atom is 0.265 e. The normalized spacial score (nSPS) is 9.00. The first-order chi connectivity index (χ1) is 4.18. The molecule has 0 bridgehead atoms. The van der Waals surface area contributed by atoms with Gasteiger partial charge in [-0.2, -0.15) is 0 Å². The molecular formula is C7H12NO. The molecule has 0 aromatic rings. The molecule has 0 aliphatic heterocycles. The van der Waals surface area contributed by atoms with Crippen LogP contribution < -0.4 is 5.73 Å². The topological polar surface area (TPSA) is 40.9 Å². The van der Waals surface area contributed by atoms with Crippen molar-refractivity contribution in [3.05, 3.63) is 12.2 Å². The first kappa shape index (κ1) is 8.21. The lowest BCUT2D eigenvalue weighted by Gasteiger charge is -1.95. The lowest BCUT2D eigenvalue weighted by atomic mass is 10.1. The molecule has 1 radical (unpaired) electrons. The van der Waals surface area contributed by atoms with Crippen LogP contribution in [-0.2, 0) is 4.79 Å². The molecule has 0 fully saturated rings. The third-order valence-corrected chi connectivity index (χ3v) is 1.15. The minimum absolute atomic E-state index is 0.428. The van der Waals surface area contributed by atoms with E-state index in [0.29, 0.717) is 12.0 Å². The van der Waals surface area contributed by atoms with Crippen LogP contribution in [0, 0.1) is 0 Å². The quantitative estimate of drug-likeness (QED) is 0.527. The summed E-state index contributed by atoms with van der Waals surface area (Å²) in [5.41, 5.74) is 7.05. The zero-order valence-electron chi connectivity index (χ0n) is 5.74. The molecule has 1 N–H and O–H groups in total.